The molecule has 0 amide bonds. The highest BCUT2D eigenvalue weighted by Gasteiger charge is 2.13. The molecule has 0 aliphatic rings. The fourth-order valence-corrected chi connectivity index (χ4v) is 2.27. The average Bonchev–Trinajstić information content (AvgIpc) is 2.98. The van der Waals surface area contributed by atoms with E-state index in [9.17, 15) is 9.59 Å². The summed E-state index contributed by atoms with van der Waals surface area (Å²) < 4.78 is 10.5. The first kappa shape index (κ1) is 14.0. The highest BCUT2D eigenvalue weighted by molar-refractivity contribution is 5.96. The third-order valence-electron chi connectivity index (χ3n) is 3.24. The van der Waals surface area contributed by atoms with Crippen molar-refractivity contribution in [2.45, 2.75) is 6.92 Å². The first-order valence-electron chi connectivity index (χ1n) is 6.83. The molecule has 5 heteroatoms. The summed E-state index contributed by atoms with van der Waals surface area (Å²) in [5, 5.41) is 0.737. The van der Waals surface area contributed by atoms with Gasteiger partial charge < -0.3 is 9.15 Å². The number of furan rings is 1. The second kappa shape index (κ2) is 5.81. The second-order valence-electron chi connectivity index (χ2n) is 4.67. The molecule has 110 valence electrons. The smallest absolute Gasteiger partial charge is 0.338 e. The second-order valence-corrected chi connectivity index (χ2v) is 4.67. The number of aldehydes is 1. The van der Waals surface area contributed by atoms with Gasteiger partial charge in [-0.05, 0) is 30.7 Å². The molecular weight excluding hydrogens is 282 g/mol. The van der Waals surface area contributed by atoms with E-state index >= 15 is 0 Å². The maximum absolute atomic E-state index is 11.8. The predicted molar refractivity (Wildman–Crippen MR) is 80.8 cm³/mol. The van der Waals surface area contributed by atoms with Gasteiger partial charge in [0.05, 0.1) is 12.2 Å². The van der Waals surface area contributed by atoms with Crippen molar-refractivity contribution in [3.05, 3.63) is 54.0 Å². The summed E-state index contributed by atoms with van der Waals surface area (Å²) in [6.45, 7) is 2.08. The summed E-state index contributed by atoms with van der Waals surface area (Å²) >= 11 is 0. The van der Waals surface area contributed by atoms with E-state index in [0.717, 1.165) is 16.5 Å². The zero-order valence-corrected chi connectivity index (χ0v) is 11.9. The van der Waals surface area contributed by atoms with Crippen LogP contribution in [0.3, 0.4) is 0 Å². The van der Waals surface area contributed by atoms with Crippen LogP contribution in [0.25, 0.3) is 22.1 Å². The SMILES string of the molecule is CCOC(=O)c1cccc(-c2cncc3cc(C=O)oc23)c1. The van der Waals surface area contributed by atoms with Crippen LogP contribution in [0, 0.1) is 0 Å². The molecule has 0 spiro atoms. The minimum atomic E-state index is -0.377. The molecular formula is C17H13NO4. The van der Waals surface area contributed by atoms with Crippen LogP contribution in [-0.2, 0) is 4.74 Å². The van der Waals surface area contributed by atoms with Crippen LogP contribution < -0.4 is 0 Å². The summed E-state index contributed by atoms with van der Waals surface area (Å²) in [7, 11) is 0. The molecule has 22 heavy (non-hydrogen) atoms. The largest absolute Gasteiger partial charge is 0.462 e. The summed E-state index contributed by atoms with van der Waals surface area (Å²) in [6, 6.07) is 8.66. The van der Waals surface area contributed by atoms with E-state index < -0.39 is 0 Å². The Bertz CT molecular complexity index is 851. The quantitative estimate of drug-likeness (QED) is 0.544. The maximum atomic E-state index is 11.8. The summed E-state index contributed by atoms with van der Waals surface area (Å²) in [5.41, 5.74) is 2.52. The molecule has 0 atom stereocenters. The number of ether oxygens (including phenoxy) is 1. The van der Waals surface area contributed by atoms with Crippen molar-refractivity contribution in [3.8, 4) is 11.1 Å². The van der Waals surface area contributed by atoms with Gasteiger partial charge in [-0.15, -0.1) is 0 Å². The van der Waals surface area contributed by atoms with Gasteiger partial charge in [-0.25, -0.2) is 4.79 Å². The Morgan fingerprint density at radius 3 is 2.95 bits per heavy atom. The molecule has 0 bridgehead atoms. The normalized spacial score (nSPS) is 10.6. The van der Waals surface area contributed by atoms with E-state index in [1.54, 1.807) is 43.6 Å². The fraction of sp³-hybridized carbons (Fsp3) is 0.118. The Hall–Kier alpha value is -2.95. The average molecular weight is 295 g/mol. The zero-order valence-electron chi connectivity index (χ0n) is 11.9. The number of pyridine rings is 1. The topological polar surface area (TPSA) is 69.4 Å². The molecule has 5 nitrogen and oxygen atoms in total. The molecule has 0 unspecified atom stereocenters. The molecule has 0 saturated carbocycles. The minimum absolute atomic E-state index is 0.241. The number of rotatable bonds is 4. The molecule has 0 fully saturated rings. The number of carbonyl (C=O) groups is 2. The van der Waals surface area contributed by atoms with Crippen molar-refractivity contribution in [3.63, 3.8) is 0 Å². The van der Waals surface area contributed by atoms with Gasteiger partial charge in [0.2, 0.25) is 0 Å². The number of esters is 1. The highest BCUT2D eigenvalue weighted by atomic mass is 16.5. The lowest BCUT2D eigenvalue weighted by Crippen LogP contribution is -2.04. The molecule has 3 rings (SSSR count). The Morgan fingerprint density at radius 2 is 2.18 bits per heavy atom. The van der Waals surface area contributed by atoms with Gasteiger partial charge in [0.25, 0.3) is 0 Å². The number of hydrogen-bond acceptors (Lipinski definition) is 5. The Labute approximate surface area is 126 Å². The van der Waals surface area contributed by atoms with Crippen LogP contribution in [0.4, 0.5) is 0 Å². The van der Waals surface area contributed by atoms with E-state index in [1.165, 1.54) is 0 Å². The van der Waals surface area contributed by atoms with Gasteiger partial charge in [0.15, 0.2) is 12.0 Å². The van der Waals surface area contributed by atoms with E-state index in [1.807, 2.05) is 6.07 Å². The first-order chi connectivity index (χ1) is 10.7. The molecule has 2 heterocycles. The van der Waals surface area contributed by atoms with Crippen molar-refractivity contribution >= 4 is 23.2 Å². The lowest BCUT2D eigenvalue weighted by Gasteiger charge is -2.05. The van der Waals surface area contributed by atoms with Crippen LogP contribution >= 0.6 is 0 Å². The van der Waals surface area contributed by atoms with Crippen LogP contribution in [0.5, 0.6) is 0 Å². The molecule has 1 aromatic carbocycles. The van der Waals surface area contributed by atoms with Gasteiger partial charge in [0, 0.05) is 23.3 Å². The van der Waals surface area contributed by atoms with E-state index in [2.05, 4.69) is 4.98 Å². The molecule has 2 aromatic heterocycles. The van der Waals surface area contributed by atoms with Crippen molar-refractivity contribution in [2.24, 2.45) is 0 Å². The molecule has 0 aliphatic heterocycles. The van der Waals surface area contributed by atoms with Crippen molar-refractivity contribution < 1.29 is 18.7 Å². The fourth-order valence-electron chi connectivity index (χ4n) is 2.27. The first-order valence-corrected chi connectivity index (χ1v) is 6.83. The minimum Gasteiger partial charge on any atom is -0.462 e. The van der Waals surface area contributed by atoms with Gasteiger partial charge in [0.1, 0.15) is 5.58 Å². The van der Waals surface area contributed by atoms with Crippen LogP contribution in [-0.4, -0.2) is 23.8 Å². The lowest BCUT2D eigenvalue weighted by molar-refractivity contribution is 0.0526. The van der Waals surface area contributed by atoms with Crippen LogP contribution in [0.2, 0.25) is 0 Å². The van der Waals surface area contributed by atoms with Gasteiger partial charge in [-0.2, -0.15) is 0 Å². The number of hydrogen-bond donors (Lipinski definition) is 0. The number of carbonyl (C=O) groups excluding carboxylic acids is 2. The zero-order chi connectivity index (χ0) is 15.5. The molecule has 0 radical (unpaired) electrons. The predicted octanol–water partition coefficient (Wildman–Crippen LogP) is 3.48. The summed E-state index contributed by atoms with van der Waals surface area (Å²) in [5.74, 6) is -0.136. The number of aromatic nitrogens is 1. The molecule has 0 aliphatic carbocycles. The third kappa shape index (κ3) is 2.48. The summed E-state index contributed by atoms with van der Waals surface area (Å²) in [6.07, 6.45) is 3.92. The van der Waals surface area contributed by atoms with Crippen LogP contribution in [0.1, 0.15) is 27.8 Å². The molecule has 0 N–H and O–H groups in total. The standard InChI is InChI=1S/C17H13NO4/c1-2-21-17(20)12-5-3-4-11(6-12)15-9-18-8-13-7-14(10-19)22-16(13)15/h3-10H,2H2,1H3. The third-order valence-corrected chi connectivity index (χ3v) is 3.24. The molecule has 3 aromatic rings. The van der Waals surface area contributed by atoms with Crippen molar-refractivity contribution in [1.82, 2.24) is 4.98 Å². The maximum Gasteiger partial charge on any atom is 0.338 e. The van der Waals surface area contributed by atoms with Crippen molar-refractivity contribution in [1.29, 1.82) is 0 Å². The van der Waals surface area contributed by atoms with Gasteiger partial charge >= 0.3 is 5.97 Å². The number of fused-ring (bicyclic) bond motifs is 1. The highest BCUT2D eigenvalue weighted by Crippen LogP contribution is 2.30. The number of nitrogens with zero attached hydrogens (tertiary/aromatic N) is 1. The Kier molecular flexibility index (Phi) is 3.70. The monoisotopic (exact) mass is 295 g/mol. The van der Waals surface area contributed by atoms with Gasteiger partial charge in [-0.3, -0.25) is 9.78 Å². The van der Waals surface area contributed by atoms with Crippen molar-refractivity contribution in [2.75, 3.05) is 6.61 Å². The Balaban J connectivity index is 2.11. The molecule has 0 saturated heterocycles. The van der Waals surface area contributed by atoms with Crippen LogP contribution in [0.15, 0.2) is 47.1 Å². The number of benzene rings is 1. The summed E-state index contributed by atoms with van der Waals surface area (Å²) in [4.78, 5) is 26.9. The van der Waals surface area contributed by atoms with Gasteiger partial charge in [-0.1, -0.05) is 12.1 Å². The van der Waals surface area contributed by atoms with E-state index in [4.69, 9.17) is 9.15 Å². The Morgan fingerprint density at radius 1 is 1.32 bits per heavy atom. The van der Waals surface area contributed by atoms with E-state index in [0.29, 0.717) is 24.0 Å². The van der Waals surface area contributed by atoms with E-state index in [-0.39, 0.29) is 11.7 Å². The lowest BCUT2D eigenvalue weighted by atomic mass is 10.0.